The van der Waals surface area contributed by atoms with Crippen molar-refractivity contribution in [2.75, 3.05) is 4.90 Å². The summed E-state index contributed by atoms with van der Waals surface area (Å²) in [5, 5.41) is 12.9. The largest absolute Gasteiger partial charge is 0.465 e. The molecule has 0 unspecified atom stereocenters. The molecule has 1 saturated carbocycles. The standard InChI is InChI=1S/C17H21N3O2.C5H10/c1-13(2)19-11-15-7-3-4-8-16(15)20(17(21)22)12-14-6-5-9-18-10-14;1-2-4-5-3-1/h3-10,13,19H,11-12H2,1-2H3,(H,21,22);1-5H2. The van der Waals surface area contributed by atoms with Gasteiger partial charge in [-0.2, -0.15) is 0 Å². The number of amides is 1. The molecule has 0 bridgehead atoms. The Morgan fingerprint density at radius 2 is 1.78 bits per heavy atom. The Balaban J connectivity index is 0.000000451. The third kappa shape index (κ3) is 7.39. The summed E-state index contributed by atoms with van der Waals surface area (Å²) in [5.74, 6) is 0. The third-order valence-corrected chi connectivity index (χ3v) is 4.53. The highest BCUT2D eigenvalue weighted by atomic mass is 16.4. The molecule has 0 atom stereocenters. The number of aromatic nitrogens is 1. The number of rotatable bonds is 6. The molecule has 3 rings (SSSR count). The van der Waals surface area contributed by atoms with Gasteiger partial charge < -0.3 is 10.4 Å². The van der Waals surface area contributed by atoms with Gasteiger partial charge in [0.05, 0.1) is 12.2 Å². The smallest absolute Gasteiger partial charge is 0.412 e. The molecule has 2 aromatic rings. The number of para-hydroxylation sites is 1. The molecule has 0 aliphatic heterocycles. The summed E-state index contributed by atoms with van der Waals surface area (Å²) >= 11 is 0. The fourth-order valence-corrected chi connectivity index (χ4v) is 3.05. The average molecular weight is 370 g/mol. The van der Waals surface area contributed by atoms with Crippen molar-refractivity contribution in [1.29, 1.82) is 0 Å². The zero-order valence-corrected chi connectivity index (χ0v) is 16.4. The van der Waals surface area contributed by atoms with E-state index in [1.165, 1.54) is 37.0 Å². The molecule has 0 radical (unpaired) electrons. The van der Waals surface area contributed by atoms with Crippen molar-refractivity contribution in [1.82, 2.24) is 10.3 Å². The molecule has 1 aliphatic rings. The van der Waals surface area contributed by atoms with Crippen LogP contribution in [0.5, 0.6) is 0 Å². The molecular weight excluding hydrogens is 338 g/mol. The van der Waals surface area contributed by atoms with Gasteiger partial charge in [-0.1, -0.05) is 70.2 Å². The summed E-state index contributed by atoms with van der Waals surface area (Å²) in [6.45, 7) is 5.03. The summed E-state index contributed by atoms with van der Waals surface area (Å²) in [6.07, 6.45) is 9.89. The number of carbonyl (C=O) groups is 1. The van der Waals surface area contributed by atoms with Crippen molar-refractivity contribution < 1.29 is 9.90 Å². The molecule has 1 aliphatic carbocycles. The van der Waals surface area contributed by atoms with E-state index in [2.05, 4.69) is 24.1 Å². The summed E-state index contributed by atoms with van der Waals surface area (Å²) in [5.41, 5.74) is 2.52. The van der Waals surface area contributed by atoms with Crippen LogP contribution in [0.2, 0.25) is 0 Å². The number of nitrogens with zero attached hydrogens (tertiary/aromatic N) is 2. The average Bonchev–Trinajstić information content (AvgIpc) is 3.25. The fraction of sp³-hybridized carbons (Fsp3) is 0.455. The maximum absolute atomic E-state index is 11.7. The quantitative estimate of drug-likeness (QED) is 0.733. The van der Waals surface area contributed by atoms with Crippen LogP contribution in [-0.2, 0) is 13.1 Å². The Kier molecular flexibility index (Phi) is 8.78. The molecule has 1 fully saturated rings. The maximum atomic E-state index is 11.7. The minimum absolute atomic E-state index is 0.280. The molecule has 1 heterocycles. The number of nitrogens with one attached hydrogen (secondary N) is 1. The number of hydrogen-bond acceptors (Lipinski definition) is 3. The Morgan fingerprint density at radius 3 is 2.33 bits per heavy atom. The Bertz CT molecular complexity index is 677. The second kappa shape index (κ2) is 11.3. The van der Waals surface area contributed by atoms with Crippen LogP contribution in [0, 0.1) is 0 Å². The highest BCUT2D eigenvalue weighted by molar-refractivity contribution is 5.87. The van der Waals surface area contributed by atoms with E-state index in [9.17, 15) is 9.90 Å². The zero-order valence-electron chi connectivity index (χ0n) is 16.4. The first-order chi connectivity index (χ1) is 13.1. The molecular formula is C22H31N3O2. The van der Waals surface area contributed by atoms with Crippen molar-refractivity contribution in [3.05, 3.63) is 59.9 Å². The van der Waals surface area contributed by atoms with E-state index in [1.807, 2.05) is 36.4 Å². The first kappa shape index (κ1) is 20.9. The van der Waals surface area contributed by atoms with E-state index >= 15 is 0 Å². The highest BCUT2D eigenvalue weighted by Gasteiger charge is 2.18. The molecule has 1 amide bonds. The molecule has 5 heteroatoms. The van der Waals surface area contributed by atoms with E-state index in [4.69, 9.17) is 0 Å². The van der Waals surface area contributed by atoms with Crippen molar-refractivity contribution >= 4 is 11.8 Å². The lowest BCUT2D eigenvalue weighted by Gasteiger charge is -2.23. The van der Waals surface area contributed by atoms with Gasteiger partial charge in [0, 0.05) is 25.0 Å². The van der Waals surface area contributed by atoms with Gasteiger partial charge in [-0.3, -0.25) is 9.88 Å². The minimum atomic E-state index is -0.971. The normalized spacial score (nSPS) is 13.1. The van der Waals surface area contributed by atoms with E-state index < -0.39 is 6.09 Å². The molecule has 146 valence electrons. The van der Waals surface area contributed by atoms with Crippen LogP contribution in [0.25, 0.3) is 0 Å². The van der Waals surface area contributed by atoms with E-state index in [-0.39, 0.29) is 6.54 Å². The van der Waals surface area contributed by atoms with Gasteiger partial charge in [0.15, 0.2) is 0 Å². The Labute approximate surface area is 162 Å². The lowest BCUT2D eigenvalue weighted by atomic mass is 10.1. The van der Waals surface area contributed by atoms with Crippen LogP contribution in [0.1, 0.15) is 57.1 Å². The van der Waals surface area contributed by atoms with Crippen molar-refractivity contribution in [3.63, 3.8) is 0 Å². The topological polar surface area (TPSA) is 65.5 Å². The van der Waals surface area contributed by atoms with Crippen LogP contribution in [-0.4, -0.2) is 22.2 Å². The van der Waals surface area contributed by atoms with E-state index in [0.29, 0.717) is 18.3 Å². The predicted molar refractivity (Wildman–Crippen MR) is 110 cm³/mol. The lowest BCUT2D eigenvalue weighted by molar-refractivity contribution is 0.201. The molecule has 0 spiro atoms. The monoisotopic (exact) mass is 369 g/mol. The van der Waals surface area contributed by atoms with Crippen LogP contribution < -0.4 is 10.2 Å². The number of carboxylic acid groups (broad SMARTS) is 1. The van der Waals surface area contributed by atoms with Gasteiger partial charge in [0.1, 0.15) is 0 Å². The second-order valence-electron chi connectivity index (χ2n) is 7.16. The molecule has 5 nitrogen and oxygen atoms in total. The SMILES string of the molecule is C1CCCC1.CC(C)NCc1ccccc1N(Cc1cccnc1)C(=O)O. The van der Waals surface area contributed by atoms with Crippen LogP contribution >= 0.6 is 0 Å². The summed E-state index contributed by atoms with van der Waals surface area (Å²) < 4.78 is 0. The van der Waals surface area contributed by atoms with Gasteiger partial charge in [0.2, 0.25) is 0 Å². The van der Waals surface area contributed by atoms with Crippen LogP contribution in [0.15, 0.2) is 48.8 Å². The predicted octanol–water partition coefficient (Wildman–Crippen LogP) is 5.21. The molecule has 1 aromatic carbocycles. The van der Waals surface area contributed by atoms with Crippen molar-refractivity contribution in [2.45, 2.75) is 65.1 Å². The fourth-order valence-electron chi connectivity index (χ4n) is 3.05. The van der Waals surface area contributed by atoms with Gasteiger partial charge in [-0.15, -0.1) is 0 Å². The number of anilines is 1. The summed E-state index contributed by atoms with van der Waals surface area (Å²) in [6, 6.07) is 11.6. The molecule has 2 N–H and O–H groups in total. The number of pyridine rings is 1. The highest BCUT2D eigenvalue weighted by Crippen LogP contribution is 2.22. The van der Waals surface area contributed by atoms with E-state index in [1.54, 1.807) is 12.4 Å². The number of benzene rings is 1. The zero-order chi connectivity index (χ0) is 19.5. The number of hydrogen-bond donors (Lipinski definition) is 2. The minimum Gasteiger partial charge on any atom is -0.465 e. The first-order valence-electron chi connectivity index (χ1n) is 9.78. The summed E-state index contributed by atoms with van der Waals surface area (Å²) in [7, 11) is 0. The maximum Gasteiger partial charge on any atom is 0.412 e. The lowest BCUT2D eigenvalue weighted by Crippen LogP contribution is -2.31. The van der Waals surface area contributed by atoms with E-state index in [0.717, 1.165) is 11.1 Å². The van der Waals surface area contributed by atoms with Crippen LogP contribution in [0.3, 0.4) is 0 Å². The van der Waals surface area contributed by atoms with Gasteiger partial charge in [0.25, 0.3) is 0 Å². The molecule has 0 saturated heterocycles. The Morgan fingerprint density at radius 1 is 1.11 bits per heavy atom. The van der Waals surface area contributed by atoms with Crippen LogP contribution in [0.4, 0.5) is 10.5 Å². The second-order valence-corrected chi connectivity index (χ2v) is 7.16. The molecule has 1 aromatic heterocycles. The van der Waals surface area contributed by atoms with Gasteiger partial charge in [-0.25, -0.2) is 4.79 Å². The van der Waals surface area contributed by atoms with Gasteiger partial charge >= 0.3 is 6.09 Å². The third-order valence-electron chi connectivity index (χ3n) is 4.53. The van der Waals surface area contributed by atoms with Crippen molar-refractivity contribution in [2.24, 2.45) is 0 Å². The van der Waals surface area contributed by atoms with Crippen molar-refractivity contribution in [3.8, 4) is 0 Å². The summed E-state index contributed by atoms with van der Waals surface area (Å²) in [4.78, 5) is 17.1. The Hall–Kier alpha value is -2.40. The molecule has 27 heavy (non-hydrogen) atoms. The first-order valence-corrected chi connectivity index (χ1v) is 9.78. The van der Waals surface area contributed by atoms with Gasteiger partial charge in [-0.05, 0) is 23.3 Å².